The van der Waals surface area contributed by atoms with Gasteiger partial charge in [0, 0.05) is 6.42 Å². The Bertz CT molecular complexity index is 1600. The van der Waals surface area contributed by atoms with Gasteiger partial charge in [-0.2, -0.15) is 5.26 Å². The van der Waals surface area contributed by atoms with Crippen LogP contribution in [-0.4, -0.2) is 38.3 Å². The van der Waals surface area contributed by atoms with Crippen molar-refractivity contribution >= 4 is 28.7 Å². The SMILES string of the molecule is N#CCn1c(COC(=O)[C@@H](Cc2ccccc2)N2C(=O)c3ccccc3C2=O)nc2ccccc2c1=O. The quantitative estimate of drug-likeness (QED) is 0.287. The highest BCUT2D eigenvalue weighted by Gasteiger charge is 2.43. The third-order valence-corrected chi connectivity index (χ3v) is 6.19. The summed E-state index contributed by atoms with van der Waals surface area (Å²) < 4.78 is 6.69. The number of hydrogen-bond acceptors (Lipinski definition) is 7. The van der Waals surface area contributed by atoms with E-state index in [-0.39, 0.29) is 29.9 Å². The zero-order chi connectivity index (χ0) is 25.9. The van der Waals surface area contributed by atoms with Gasteiger partial charge in [0.2, 0.25) is 0 Å². The van der Waals surface area contributed by atoms with Crippen LogP contribution in [0, 0.1) is 11.3 Å². The number of benzene rings is 3. The number of esters is 1. The standard InChI is InChI=1S/C28H20N4O5/c29-14-15-31-24(30-22-13-7-6-12-21(22)25(31)33)17-37-28(36)23(16-18-8-2-1-3-9-18)32-26(34)19-10-4-5-11-20(19)27(32)35/h1-13,23H,15-17H2/t23-/m1/s1. The third-order valence-electron chi connectivity index (χ3n) is 6.19. The summed E-state index contributed by atoms with van der Waals surface area (Å²) in [5.74, 6) is -1.91. The summed E-state index contributed by atoms with van der Waals surface area (Å²) in [6.07, 6.45) is 0.0429. The van der Waals surface area contributed by atoms with Gasteiger partial charge in [0.15, 0.2) is 5.82 Å². The van der Waals surface area contributed by atoms with Crippen LogP contribution in [0.4, 0.5) is 0 Å². The Labute approximate surface area is 211 Å². The fraction of sp³-hybridized carbons (Fsp3) is 0.143. The van der Waals surface area contributed by atoms with Crippen LogP contribution < -0.4 is 5.56 Å². The van der Waals surface area contributed by atoms with E-state index in [1.165, 1.54) is 0 Å². The molecule has 1 aromatic heterocycles. The summed E-state index contributed by atoms with van der Waals surface area (Å²) in [6.45, 7) is -0.704. The number of rotatable bonds is 7. The molecule has 0 fully saturated rings. The number of nitriles is 1. The van der Waals surface area contributed by atoms with Crippen LogP contribution in [0.25, 0.3) is 10.9 Å². The minimum Gasteiger partial charge on any atom is -0.456 e. The van der Waals surface area contributed by atoms with Crippen molar-refractivity contribution in [1.82, 2.24) is 14.5 Å². The van der Waals surface area contributed by atoms with Gasteiger partial charge in [0.05, 0.1) is 28.1 Å². The van der Waals surface area contributed by atoms with Crippen molar-refractivity contribution in [2.24, 2.45) is 0 Å². The van der Waals surface area contributed by atoms with Crippen LogP contribution in [-0.2, 0) is 29.1 Å². The molecule has 4 aromatic rings. The zero-order valence-corrected chi connectivity index (χ0v) is 19.5. The Morgan fingerprint density at radius 2 is 1.51 bits per heavy atom. The molecule has 182 valence electrons. The lowest BCUT2D eigenvalue weighted by atomic mass is 10.0. The number of carbonyl (C=O) groups is 3. The van der Waals surface area contributed by atoms with Crippen molar-refractivity contribution in [3.63, 3.8) is 0 Å². The summed E-state index contributed by atoms with van der Waals surface area (Å²) in [4.78, 5) is 58.0. The average molecular weight is 492 g/mol. The van der Waals surface area contributed by atoms with Crippen LogP contribution in [0.15, 0.2) is 83.7 Å². The topological polar surface area (TPSA) is 122 Å². The van der Waals surface area contributed by atoms with E-state index >= 15 is 0 Å². The summed E-state index contributed by atoms with van der Waals surface area (Å²) in [6, 6.07) is 22.7. The van der Waals surface area contributed by atoms with Crippen molar-refractivity contribution in [2.75, 3.05) is 0 Å². The Balaban J connectivity index is 1.47. The minimum atomic E-state index is -1.24. The first kappa shape index (κ1) is 23.6. The highest BCUT2D eigenvalue weighted by atomic mass is 16.5. The third kappa shape index (κ3) is 4.36. The van der Waals surface area contributed by atoms with Gasteiger partial charge in [0.25, 0.3) is 17.4 Å². The van der Waals surface area contributed by atoms with Crippen molar-refractivity contribution in [1.29, 1.82) is 5.26 Å². The molecule has 1 atom stereocenters. The van der Waals surface area contributed by atoms with Gasteiger partial charge < -0.3 is 4.74 Å². The molecule has 2 heterocycles. The van der Waals surface area contributed by atoms with Crippen molar-refractivity contribution in [3.8, 4) is 6.07 Å². The van der Waals surface area contributed by atoms with Gasteiger partial charge in [-0.1, -0.05) is 54.6 Å². The molecule has 37 heavy (non-hydrogen) atoms. The maximum atomic E-state index is 13.4. The maximum Gasteiger partial charge on any atom is 0.330 e. The predicted octanol–water partition coefficient (Wildman–Crippen LogP) is 2.87. The first-order valence-corrected chi connectivity index (χ1v) is 11.5. The number of fused-ring (bicyclic) bond motifs is 2. The van der Waals surface area contributed by atoms with E-state index in [1.54, 1.807) is 72.8 Å². The van der Waals surface area contributed by atoms with E-state index in [1.807, 2.05) is 12.1 Å². The van der Waals surface area contributed by atoms with Crippen LogP contribution in [0.1, 0.15) is 32.1 Å². The fourth-order valence-electron chi connectivity index (χ4n) is 4.40. The molecule has 0 spiro atoms. The molecule has 1 aliphatic rings. The van der Waals surface area contributed by atoms with Gasteiger partial charge in [-0.25, -0.2) is 9.78 Å². The first-order valence-electron chi connectivity index (χ1n) is 11.5. The van der Waals surface area contributed by atoms with Crippen molar-refractivity contribution in [3.05, 3.63) is 112 Å². The smallest absolute Gasteiger partial charge is 0.330 e. The lowest BCUT2D eigenvalue weighted by molar-refractivity contribution is -0.150. The molecule has 2 amide bonds. The number of imide groups is 1. The number of amides is 2. The zero-order valence-electron chi connectivity index (χ0n) is 19.5. The molecule has 3 aromatic carbocycles. The number of aromatic nitrogens is 2. The second-order valence-electron chi connectivity index (χ2n) is 8.43. The van der Waals surface area contributed by atoms with Gasteiger partial charge in [-0.15, -0.1) is 0 Å². The molecule has 0 saturated carbocycles. The predicted molar refractivity (Wildman–Crippen MR) is 132 cm³/mol. The van der Waals surface area contributed by atoms with E-state index in [4.69, 9.17) is 4.74 Å². The largest absolute Gasteiger partial charge is 0.456 e. The molecular weight excluding hydrogens is 472 g/mol. The number of para-hydroxylation sites is 1. The van der Waals surface area contributed by atoms with Gasteiger partial charge >= 0.3 is 5.97 Å². The van der Waals surface area contributed by atoms with Crippen LogP contribution in [0.3, 0.4) is 0 Å². The van der Waals surface area contributed by atoms with E-state index in [0.29, 0.717) is 10.9 Å². The molecule has 9 nitrogen and oxygen atoms in total. The minimum absolute atomic E-state index is 0.0429. The van der Waals surface area contributed by atoms with E-state index in [0.717, 1.165) is 15.0 Å². The van der Waals surface area contributed by atoms with E-state index in [9.17, 15) is 24.4 Å². The summed E-state index contributed by atoms with van der Waals surface area (Å²) in [5.41, 5.74) is 1.13. The second kappa shape index (κ2) is 9.87. The molecule has 1 aliphatic heterocycles. The molecule has 0 N–H and O–H groups in total. The highest BCUT2D eigenvalue weighted by Crippen LogP contribution is 2.26. The summed E-state index contributed by atoms with van der Waals surface area (Å²) in [7, 11) is 0. The number of hydrogen-bond donors (Lipinski definition) is 0. The average Bonchev–Trinajstić information content (AvgIpc) is 3.18. The molecule has 9 heteroatoms. The Morgan fingerprint density at radius 3 is 2.19 bits per heavy atom. The van der Waals surface area contributed by atoms with E-state index < -0.39 is 36.0 Å². The molecule has 5 rings (SSSR count). The lowest BCUT2D eigenvalue weighted by Gasteiger charge is -2.25. The van der Waals surface area contributed by atoms with Crippen molar-refractivity contribution in [2.45, 2.75) is 25.6 Å². The monoisotopic (exact) mass is 492 g/mol. The molecule has 0 saturated heterocycles. The van der Waals surface area contributed by atoms with Crippen molar-refractivity contribution < 1.29 is 19.1 Å². The maximum absolute atomic E-state index is 13.4. The van der Waals surface area contributed by atoms with Crippen LogP contribution in [0.2, 0.25) is 0 Å². The molecule has 0 aliphatic carbocycles. The normalized spacial score (nSPS) is 13.3. The highest BCUT2D eigenvalue weighted by molar-refractivity contribution is 6.22. The number of nitrogens with zero attached hydrogens (tertiary/aromatic N) is 4. The van der Waals surface area contributed by atoms with Crippen LogP contribution in [0.5, 0.6) is 0 Å². The van der Waals surface area contributed by atoms with Gasteiger partial charge in [-0.3, -0.25) is 23.9 Å². The lowest BCUT2D eigenvalue weighted by Crippen LogP contribution is -2.47. The Morgan fingerprint density at radius 1 is 0.892 bits per heavy atom. The van der Waals surface area contributed by atoms with Gasteiger partial charge in [-0.05, 0) is 29.8 Å². The molecule has 0 radical (unpaired) electrons. The summed E-state index contributed by atoms with van der Waals surface area (Å²) in [5, 5.41) is 9.57. The first-order chi connectivity index (χ1) is 18.0. The number of ether oxygens (including phenoxy) is 1. The Hall–Kier alpha value is -5.10. The molecular formula is C28H20N4O5. The molecule has 0 unspecified atom stereocenters. The fourth-order valence-corrected chi connectivity index (χ4v) is 4.40. The summed E-state index contributed by atoms with van der Waals surface area (Å²) >= 11 is 0. The number of carbonyl (C=O) groups excluding carboxylic acids is 3. The van der Waals surface area contributed by atoms with Gasteiger partial charge in [0.1, 0.15) is 19.2 Å². The Kier molecular flexibility index (Phi) is 6.31. The van der Waals surface area contributed by atoms with E-state index in [2.05, 4.69) is 4.98 Å². The van der Waals surface area contributed by atoms with Crippen LogP contribution >= 0.6 is 0 Å². The molecule has 0 bridgehead atoms. The second-order valence-corrected chi connectivity index (χ2v) is 8.43.